The highest BCUT2D eigenvalue weighted by atomic mass is 32.2. The topological polar surface area (TPSA) is 86.0 Å². The smallest absolute Gasteiger partial charge is 0.142 e. The maximum Gasteiger partial charge on any atom is 0.142 e. The highest BCUT2D eigenvalue weighted by molar-refractivity contribution is 7.99. The number of likely N-dealkylation sites (tertiary alicyclic amines) is 1. The lowest BCUT2D eigenvalue weighted by atomic mass is 9.74. The number of methoxy groups -OCH3 is 1. The molecule has 1 saturated heterocycles. The number of fused-ring (bicyclic) bond motifs is 1. The van der Waals surface area contributed by atoms with Crippen molar-refractivity contribution in [3.63, 3.8) is 0 Å². The number of hydrogen-bond acceptors (Lipinski definition) is 7. The molecule has 0 amide bonds. The number of ether oxygens (including phenoxy) is 1. The van der Waals surface area contributed by atoms with Crippen molar-refractivity contribution in [2.24, 2.45) is 5.41 Å². The number of benzene rings is 2. The fourth-order valence-corrected chi connectivity index (χ4v) is 6.10. The number of piperidine rings is 1. The van der Waals surface area contributed by atoms with Crippen LogP contribution in [0.15, 0.2) is 41.4 Å². The number of nitrogens with zero attached hydrogens (tertiary/aromatic N) is 2. The Morgan fingerprint density at radius 2 is 1.82 bits per heavy atom. The summed E-state index contributed by atoms with van der Waals surface area (Å²) in [6, 6.07) is 6.79. The van der Waals surface area contributed by atoms with Crippen LogP contribution in [-0.2, 0) is 6.61 Å². The molecule has 3 aromatic rings. The number of rotatable bonds is 11. The monoisotopic (exact) mass is 550 g/mol. The minimum absolute atomic E-state index is 0.00785. The van der Waals surface area contributed by atoms with E-state index in [-0.39, 0.29) is 23.5 Å². The summed E-state index contributed by atoms with van der Waals surface area (Å²) < 4.78 is 46.2. The molecule has 2 heterocycles. The van der Waals surface area contributed by atoms with E-state index in [1.807, 2.05) is 12.1 Å². The van der Waals surface area contributed by atoms with Gasteiger partial charge in [-0.2, -0.15) is 0 Å². The average Bonchev–Trinajstić information content (AvgIpc) is 2.92. The summed E-state index contributed by atoms with van der Waals surface area (Å²) in [6.07, 6.45) is 3.17. The quantitative estimate of drug-likeness (QED) is 0.295. The van der Waals surface area contributed by atoms with E-state index in [4.69, 9.17) is 4.74 Å². The minimum Gasteiger partial charge on any atom is -0.497 e. The van der Waals surface area contributed by atoms with Crippen LogP contribution in [0.1, 0.15) is 42.9 Å². The summed E-state index contributed by atoms with van der Waals surface area (Å²) in [5.74, 6) is -1.64. The van der Waals surface area contributed by atoms with Crippen LogP contribution in [0.5, 0.6) is 5.75 Å². The molecule has 0 bridgehead atoms. The third kappa shape index (κ3) is 6.43. The molecular formula is C28H33F3N2O4S. The molecule has 1 atom stereocenters. The van der Waals surface area contributed by atoms with Gasteiger partial charge in [0.25, 0.3) is 0 Å². The molecule has 1 aliphatic heterocycles. The second-order valence-corrected chi connectivity index (χ2v) is 10.9. The molecule has 0 unspecified atom stereocenters. The molecule has 0 aliphatic carbocycles. The van der Waals surface area contributed by atoms with Gasteiger partial charge in [0.15, 0.2) is 0 Å². The summed E-state index contributed by atoms with van der Waals surface area (Å²) in [5, 5.41) is 32.1. The summed E-state index contributed by atoms with van der Waals surface area (Å²) in [5.41, 5.74) is 1.53. The molecule has 1 fully saturated rings. The fraction of sp³-hybridized carbons (Fsp3) is 0.464. The van der Waals surface area contributed by atoms with Crippen LogP contribution in [-0.4, -0.2) is 64.3 Å². The zero-order valence-electron chi connectivity index (χ0n) is 21.3. The zero-order chi connectivity index (χ0) is 27.3. The lowest BCUT2D eigenvalue weighted by molar-refractivity contribution is 0.0252. The molecule has 3 N–H and O–H groups in total. The van der Waals surface area contributed by atoms with Gasteiger partial charge in [-0.1, -0.05) is 0 Å². The van der Waals surface area contributed by atoms with Gasteiger partial charge in [0.2, 0.25) is 0 Å². The van der Waals surface area contributed by atoms with Crippen molar-refractivity contribution in [2.75, 3.05) is 39.1 Å². The summed E-state index contributed by atoms with van der Waals surface area (Å²) in [7, 11) is 1.57. The molecule has 38 heavy (non-hydrogen) atoms. The van der Waals surface area contributed by atoms with Crippen LogP contribution in [0.3, 0.4) is 0 Å². The van der Waals surface area contributed by atoms with Crippen molar-refractivity contribution < 1.29 is 33.2 Å². The van der Waals surface area contributed by atoms with Crippen LogP contribution in [0.25, 0.3) is 10.9 Å². The van der Waals surface area contributed by atoms with E-state index in [0.717, 1.165) is 30.0 Å². The second kappa shape index (κ2) is 12.7. The van der Waals surface area contributed by atoms with Gasteiger partial charge in [0.05, 0.1) is 30.2 Å². The minimum atomic E-state index is -0.935. The van der Waals surface area contributed by atoms with Crippen LogP contribution in [0.2, 0.25) is 0 Å². The Balaban J connectivity index is 1.35. The van der Waals surface area contributed by atoms with Gasteiger partial charge in [-0.15, -0.1) is 11.8 Å². The van der Waals surface area contributed by atoms with Crippen molar-refractivity contribution in [3.05, 3.63) is 65.1 Å². The van der Waals surface area contributed by atoms with Crippen LogP contribution >= 0.6 is 11.8 Å². The lowest BCUT2D eigenvalue weighted by Gasteiger charge is -2.41. The first kappa shape index (κ1) is 28.6. The maximum absolute atomic E-state index is 13.9. The Labute approximate surface area is 224 Å². The lowest BCUT2D eigenvalue weighted by Crippen LogP contribution is -2.43. The Bertz CT molecular complexity index is 1230. The van der Waals surface area contributed by atoms with E-state index < -0.39 is 23.6 Å². The molecule has 0 radical (unpaired) electrons. The first-order valence-corrected chi connectivity index (χ1v) is 13.6. The predicted molar refractivity (Wildman–Crippen MR) is 141 cm³/mol. The van der Waals surface area contributed by atoms with Crippen molar-refractivity contribution >= 4 is 22.7 Å². The first-order chi connectivity index (χ1) is 18.3. The van der Waals surface area contributed by atoms with E-state index >= 15 is 0 Å². The number of aliphatic hydroxyl groups is 3. The number of thioether (sulfide) groups is 1. The van der Waals surface area contributed by atoms with Gasteiger partial charge >= 0.3 is 0 Å². The summed E-state index contributed by atoms with van der Waals surface area (Å²) in [4.78, 5) is 6.39. The molecule has 4 rings (SSSR count). The number of halogens is 3. The number of aromatic nitrogens is 1. The average molecular weight is 551 g/mol. The van der Waals surface area contributed by atoms with Gasteiger partial charge in [-0.3, -0.25) is 4.98 Å². The van der Waals surface area contributed by atoms with Crippen LogP contribution < -0.4 is 4.74 Å². The van der Waals surface area contributed by atoms with Gasteiger partial charge < -0.3 is 25.0 Å². The SMILES string of the molecule is COc1ccc2ncc(CO)c([C@H](O)CCC3(CO)CCN(CCSc4c(F)cc(F)cc4F)CC3)c2c1. The highest BCUT2D eigenvalue weighted by Gasteiger charge is 2.34. The van der Waals surface area contributed by atoms with Gasteiger partial charge in [0.1, 0.15) is 23.2 Å². The summed E-state index contributed by atoms with van der Waals surface area (Å²) in [6.45, 7) is 1.77. The Kier molecular flexibility index (Phi) is 9.54. The predicted octanol–water partition coefficient (Wildman–Crippen LogP) is 4.83. The molecule has 1 aromatic heterocycles. The Morgan fingerprint density at radius 1 is 1.11 bits per heavy atom. The van der Waals surface area contributed by atoms with Crippen molar-refractivity contribution in [1.82, 2.24) is 9.88 Å². The van der Waals surface area contributed by atoms with E-state index in [1.54, 1.807) is 19.4 Å². The maximum atomic E-state index is 13.9. The third-order valence-corrected chi connectivity index (χ3v) is 8.59. The Hall–Kier alpha value is -2.37. The van der Waals surface area contributed by atoms with E-state index in [1.165, 1.54) is 0 Å². The molecule has 6 nitrogen and oxygen atoms in total. The first-order valence-electron chi connectivity index (χ1n) is 12.6. The van der Waals surface area contributed by atoms with Gasteiger partial charge in [-0.25, -0.2) is 13.2 Å². The normalized spacial score (nSPS) is 16.6. The number of hydrogen-bond donors (Lipinski definition) is 3. The largest absolute Gasteiger partial charge is 0.497 e. The van der Waals surface area contributed by atoms with Crippen molar-refractivity contribution in [2.45, 2.75) is 43.3 Å². The molecular weight excluding hydrogens is 517 g/mol. The molecule has 0 saturated carbocycles. The highest BCUT2D eigenvalue weighted by Crippen LogP contribution is 2.40. The Morgan fingerprint density at radius 3 is 2.45 bits per heavy atom. The van der Waals surface area contributed by atoms with Crippen molar-refractivity contribution in [1.29, 1.82) is 0 Å². The molecule has 2 aromatic carbocycles. The standard InChI is InChI=1S/C28H33F3N2O4S/c1-37-20-2-3-24-21(14-20)26(18(16-34)15-32-24)25(36)4-5-28(17-35)6-8-33(9-7-28)10-11-38-27-22(30)12-19(29)13-23(27)31/h2-3,12-15,25,34-36H,4-11,16-17H2,1H3/t25-/m1/s1. The summed E-state index contributed by atoms with van der Waals surface area (Å²) >= 11 is 1.03. The number of pyridine rings is 1. The van der Waals surface area contributed by atoms with Crippen molar-refractivity contribution in [3.8, 4) is 5.75 Å². The third-order valence-electron chi connectivity index (χ3n) is 7.52. The van der Waals surface area contributed by atoms with E-state index in [0.29, 0.717) is 72.8 Å². The fourth-order valence-electron chi connectivity index (χ4n) is 5.15. The van der Waals surface area contributed by atoms with E-state index in [9.17, 15) is 28.5 Å². The zero-order valence-corrected chi connectivity index (χ0v) is 22.1. The second-order valence-electron chi connectivity index (χ2n) is 9.84. The molecule has 1 aliphatic rings. The molecule has 0 spiro atoms. The van der Waals surface area contributed by atoms with Crippen LogP contribution in [0.4, 0.5) is 13.2 Å². The molecule has 10 heteroatoms. The van der Waals surface area contributed by atoms with Gasteiger partial charge in [0, 0.05) is 48.2 Å². The van der Waals surface area contributed by atoms with E-state index in [2.05, 4.69) is 9.88 Å². The number of aliphatic hydroxyl groups excluding tert-OH is 3. The van der Waals surface area contributed by atoms with Gasteiger partial charge in [-0.05, 0) is 68.0 Å². The molecule has 206 valence electrons. The van der Waals surface area contributed by atoms with Crippen LogP contribution in [0, 0.1) is 22.9 Å².